The molecule has 0 atom stereocenters. The highest BCUT2D eigenvalue weighted by atomic mass is 19.1. The third kappa shape index (κ3) is 3.14. The molecule has 2 aliphatic carbocycles. The standard InChI is InChI=1S/C17H21F2NO2/c18-12-3-4-13(14(19)9-12)16(7-8-16)11-20-15(21)10-17(22)5-1-2-6-17/h3-4,9,22H,1-2,5-8,10-11H2,(H,20,21). The second-order valence-electron chi connectivity index (χ2n) is 6.79. The predicted octanol–water partition coefficient (Wildman–Crippen LogP) is 2.81. The van der Waals surface area contributed by atoms with Crippen LogP contribution < -0.4 is 5.32 Å². The van der Waals surface area contributed by atoms with Crippen LogP contribution in [-0.4, -0.2) is 23.2 Å². The zero-order valence-corrected chi connectivity index (χ0v) is 12.5. The molecule has 120 valence electrons. The first-order valence-corrected chi connectivity index (χ1v) is 7.87. The monoisotopic (exact) mass is 309 g/mol. The quantitative estimate of drug-likeness (QED) is 0.879. The molecule has 1 aromatic rings. The summed E-state index contributed by atoms with van der Waals surface area (Å²) in [5, 5.41) is 13.1. The van der Waals surface area contributed by atoms with Gasteiger partial charge in [-0.15, -0.1) is 0 Å². The molecule has 2 aliphatic rings. The van der Waals surface area contributed by atoms with Gasteiger partial charge in [0.05, 0.1) is 12.0 Å². The number of carbonyl (C=O) groups is 1. The molecule has 0 bridgehead atoms. The first-order chi connectivity index (χ1) is 10.4. The number of hydrogen-bond acceptors (Lipinski definition) is 2. The van der Waals surface area contributed by atoms with Crippen LogP contribution in [0, 0.1) is 11.6 Å². The average Bonchev–Trinajstić information content (AvgIpc) is 3.12. The van der Waals surface area contributed by atoms with E-state index in [-0.39, 0.29) is 12.3 Å². The summed E-state index contributed by atoms with van der Waals surface area (Å²) in [5.41, 5.74) is -0.818. The maximum absolute atomic E-state index is 13.9. The van der Waals surface area contributed by atoms with Crippen molar-refractivity contribution in [3.8, 4) is 0 Å². The van der Waals surface area contributed by atoms with Crippen molar-refractivity contribution in [1.29, 1.82) is 0 Å². The van der Waals surface area contributed by atoms with E-state index in [0.717, 1.165) is 31.7 Å². The Morgan fingerprint density at radius 2 is 1.86 bits per heavy atom. The second-order valence-corrected chi connectivity index (χ2v) is 6.79. The van der Waals surface area contributed by atoms with Gasteiger partial charge in [0.25, 0.3) is 0 Å². The van der Waals surface area contributed by atoms with Gasteiger partial charge in [0.1, 0.15) is 11.6 Å². The lowest BCUT2D eigenvalue weighted by Gasteiger charge is -2.23. The molecule has 0 aromatic heterocycles. The molecule has 5 heteroatoms. The summed E-state index contributed by atoms with van der Waals surface area (Å²) < 4.78 is 26.9. The summed E-state index contributed by atoms with van der Waals surface area (Å²) in [7, 11) is 0. The molecule has 1 aromatic carbocycles. The molecular formula is C17H21F2NO2. The third-order valence-electron chi connectivity index (χ3n) is 5.00. The summed E-state index contributed by atoms with van der Waals surface area (Å²) in [6.45, 7) is 0.338. The lowest BCUT2D eigenvalue weighted by atomic mass is 9.94. The van der Waals surface area contributed by atoms with Crippen LogP contribution in [0.1, 0.15) is 50.5 Å². The molecule has 0 spiro atoms. The summed E-state index contributed by atoms with van der Waals surface area (Å²) in [4.78, 5) is 12.0. The van der Waals surface area contributed by atoms with Gasteiger partial charge in [0.15, 0.2) is 0 Å². The van der Waals surface area contributed by atoms with Crippen LogP contribution in [0.15, 0.2) is 18.2 Å². The number of nitrogens with one attached hydrogen (secondary N) is 1. The summed E-state index contributed by atoms with van der Waals surface area (Å²) in [5.74, 6) is -1.34. The fourth-order valence-corrected chi connectivity index (χ4v) is 3.45. The van der Waals surface area contributed by atoms with Crippen molar-refractivity contribution in [3.05, 3.63) is 35.4 Å². The van der Waals surface area contributed by atoms with E-state index in [2.05, 4.69) is 5.32 Å². The van der Waals surface area contributed by atoms with Crippen molar-refractivity contribution in [2.45, 2.75) is 56.0 Å². The number of benzene rings is 1. The van der Waals surface area contributed by atoms with Gasteiger partial charge in [-0.1, -0.05) is 18.9 Å². The zero-order valence-electron chi connectivity index (χ0n) is 12.5. The van der Waals surface area contributed by atoms with Gasteiger partial charge in [-0.25, -0.2) is 8.78 Å². The van der Waals surface area contributed by atoms with E-state index in [1.807, 2.05) is 0 Å². The summed E-state index contributed by atoms with van der Waals surface area (Å²) >= 11 is 0. The van der Waals surface area contributed by atoms with Crippen LogP contribution in [-0.2, 0) is 10.2 Å². The number of aliphatic hydroxyl groups is 1. The minimum Gasteiger partial charge on any atom is -0.389 e. The lowest BCUT2D eigenvalue weighted by Crippen LogP contribution is -2.38. The Balaban J connectivity index is 1.60. The Kier molecular flexibility index (Phi) is 3.93. The van der Waals surface area contributed by atoms with E-state index in [1.54, 1.807) is 0 Å². The van der Waals surface area contributed by atoms with Gasteiger partial charge in [0, 0.05) is 18.0 Å². The molecule has 2 saturated carbocycles. The molecule has 3 rings (SSSR count). The van der Waals surface area contributed by atoms with Gasteiger partial charge in [-0.2, -0.15) is 0 Å². The Morgan fingerprint density at radius 3 is 2.45 bits per heavy atom. The van der Waals surface area contributed by atoms with E-state index in [0.29, 0.717) is 24.9 Å². The van der Waals surface area contributed by atoms with Gasteiger partial charge in [-0.05, 0) is 37.3 Å². The van der Waals surface area contributed by atoms with Crippen LogP contribution in [0.25, 0.3) is 0 Å². The minimum atomic E-state index is -0.873. The van der Waals surface area contributed by atoms with Crippen molar-refractivity contribution in [2.24, 2.45) is 0 Å². The molecule has 0 radical (unpaired) electrons. The van der Waals surface area contributed by atoms with Crippen molar-refractivity contribution >= 4 is 5.91 Å². The van der Waals surface area contributed by atoms with Crippen LogP contribution in [0.5, 0.6) is 0 Å². The normalized spacial score (nSPS) is 21.6. The number of carbonyl (C=O) groups excluding carboxylic acids is 1. The topological polar surface area (TPSA) is 49.3 Å². The molecule has 0 heterocycles. The summed E-state index contributed by atoms with van der Waals surface area (Å²) in [6, 6.07) is 3.61. The molecule has 3 nitrogen and oxygen atoms in total. The number of amides is 1. The number of rotatable bonds is 5. The largest absolute Gasteiger partial charge is 0.389 e. The van der Waals surface area contributed by atoms with Crippen molar-refractivity contribution in [3.63, 3.8) is 0 Å². The Bertz CT molecular complexity index is 578. The van der Waals surface area contributed by atoms with E-state index in [4.69, 9.17) is 0 Å². The van der Waals surface area contributed by atoms with E-state index < -0.39 is 22.7 Å². The van der Waals surface area contributed by atoms with Gasteiger partial charge in [0.2, 0.25) is 5.91 Å². The van der Waals surface area contributed by atoms with Crippen molar-refractivity contribution in [1.82, 2.24) is 5.32 Å². The average molecular weight is 309 g/mol. The number of halogens is 2. The predicted molar refractivity (Wildman–Crippen MR) is 78.3 cm³/mol. The Labute approximate surface area is 128 Å². The molecule has 0 unspecified atom stereocenters. The van der Waals surface area contributed by atoms with E-state index >= 15 is 0 Å². The van der Waals surface area contributed by atoms with Gasteiger partial charge >= 0.3 is 0 Å². The van der Waals surface area contributed by atoms with Gasteiger partial charge < -0.3 is 10.4 Å². The maximum atomic E-state index is 13.9. The smallest absolute Gasteiger partial charge is 0.222 e. The van der Waals surface area contributed by atoms with E-state index in [1.165, 1.54) is 12.1 Å². The van der Waals surface area contributed by atoms with Crippen molar-refractivity contribution in [2.75, 3.05) is 6.54 Å². The van der Waals surface area contributed by atoms with Crippen LogP contribution in [0.2, 0.25) is 0 Å². The SMILES string of the molecule is O=C(CC1(O)CCCC1)NCC1(c2ccc(F)cc2F)CC1. The molecular weight excluding hydrogens is 288 g/mol. The maximum Gasteiger partial charge on any atom is 0.222 e. The molecule has 0 aliphatic heterocycles. The lowest BCUT2D eigenvalue weighted by molar-refractivity contribution is -0.126. The first kappa shape index (κ1) is 15.4. The third-order valence-corrected chi connectivity index (χ3v) is 5.00. The highest BCUT2D eigenvalue weighted by Crippen LogP contribution is 2.48. The second kappa shape index (κ2) is 5.61. The Hall–Kier alpha value is -1.49. The van der Waals surface area contributed by atoms with Crippen LogP contribution in [0.4, 0.5) is 8.78 Å². The van der Waals surface area contributed by atoms with Crippen LogP contribution >= 0.6 is 0 Å². The molecule has 2 N–H and O–H groups in total. The van der Waals surface area contributed by atoms with Crippen molar-refractivity contribution < 1.29 is 18.7 Å². The van der Waals surface area contributed by atoms with Gasteiger partial charge in [-0.3, -0.25) is 4.79 Å². The van der Waals surface area contributed by atoms with E-state index in [9.17, 15) is 18.7 Å². The molecule has 2 fully saturated rings. The molecule has 0 saturated heterocycles. The fraction of sp³-hybridized carbons (Fsp3) is 0.588. The molecule has 1 amide bonds. The molecule has 22 heavy (non-hydrogen) atoms. The summed E-state index contributed by atoms with van der Waals surface area (Å²) in [6.07, 6.45) is 4.90. The minimum absolute atomic E-state index is 0.106. The highest BCUT2D eigenvalue weighted by Gasteiger charge is 2.46. The number of hydrogen-bond donors (Lipinski definition) is 2. The zero-order chi connectivity index (χ0) is 15.8. The fourth-order valence-electron chi connectivity index (χ4n) is 3.45. The highest BCUT2D eigenvalue weighted by molar-refractivity contribution is 5.77. The van der Waals surface area contributed by atoms with Crippen LogP contribution in [0.3, 0.4) is 0 Å². The Morgan fingerprint density at radius 1 is 1.18 bits per heavy atom. The first-order valence-electron chi connectivity index (χ1n) is 7.87.